The number of amides is 2. The van der Waals surface area contributed by atoms with Crippen molar-refractivity contribution in [3.63, 3.8) is 0 Å². The number of hydrazone groups is 1. The molecule has 0 bridgehead atoms. The second-order valence-electron chi connectivity index (χ2n) is 11.4. The lowest BCUT2D eigenvalue weighted by atomic mass is 9.82. The molecule has 0 radical (unpaired) electrons. The maximum absolute atomic E-state index is 14.2. The Hall–Kier alpha value is -3.61. The molecular weight excluding hydrogens is 486 g/mol. The molecule has 1 N–H and O–H groups in total. The number of aliphatic imine (C=N–C) groups is 1. The van der Waals surface area contributed by atoms with Crippen LogP contribution in [-0.4, -0.2) is 48.3 Å². The van der Waals surface area contributed by atoms with E-state index in [1.54, 1.807) is 5.01 Å². The van der Waals surface area contributed by atoms with Crippen molar-refractivity contribution in [1.82, 2.24) is 10.3 Å². The van der Waals surface area contributed by atoms with Crippen molar-refractivity contribution in [3.05, 3.63) is 65.2 Å². The topological polar surface area (TPSA) is 69.5 Å². The van der Waals surface area contributed by atoms with E-state index in [2.05, 4.69) is 41.2 Å². The summed E-state index contributed by atoms with van der Waals surface area (Å²) >= 11 is 0. The quantitative estimate of drug-likeness (QED) is 0.386. The number of benzene rings is 2. The molecule has 39 heavy (non-hydrogen) atoms. The summed E-state index contributed by atoms with van der Waals surface area (Å²) in [6, 6.07) is 12.2. The Bertz CT molecular complexity index is 1290. The summed E-state index contributed by atoms with van der Waals surface area (Å²) in [5.74, 6) is 2.14. The van der Waals surface area contributed by atoms with Crippen LogP contribution in [0, 0.1) is 12.8 Å². The number of fused-ring (bicyclic) bond motifs is 1. The number of nitrogens with one attached hydrogen (secondary N) is 1. The Morgan fingerprint density at radius 2 is 1.90 bits per heavy atom. The van der Waals surface area contributed by atoms with Gasteiger partial charge in [0.15, 0.2) is 0 Å². The van der Waals surface area contributed by atoms with Crippen LogP contribution in [0.1, 0.15) is 69.6 Å². The number of carbonyl (C=O) groups excluding carboxylic acids is 1. The summed E-state index contributed by atoms with van der Waals surface area (Å²) in [5, 5.41) is 10.1. The van der Waals surface area contributed by atoms with Crippen LogP contribution in [0.4, 0.5) is 16.2 Å². The number of amidine groups is 1. The van der Waals surface area contributed by atoms with E-state index in [0.29, 0.717) is 12.5 Å². The van der Waals surface area contributed by atoms with E-state index in [-0.39, 0.29) is 12.1 Å². The average Bonchev–Trinajstić information content (AvgIpc) is 3.39. The van der Waals surface area contributed by atoms with Gasteiger partial charge >= 0.3 is 6.03 Å². The molecule has 1 saturated carbocycles. The minimum Gasteiger partial charge on any atom is -0.489 e. The predicted molar refractivity (Wildman–Crippen MR) is 160 cm³/mol. The monoisotopic (exact) mass is 527 g/mol. The molecule has 0 atom stereocenters. The highest BCUT2D eigenvalue weighted by Gasteiger charge is 2.36. The number of aryl methyl sites for hydroxylation is 1. The van der Waals surface area contributed by atoms with Gasteiger partial charge in [-0.15, -0.1) is 0 Å². The van der Waals surface area contributed by atoms with E-state index in [9.17, 15) is 4.79 Å². The highest BCUT2D eigenvalue weighted by molar-refractivity contribution is 6.14. The summed E-state index contributed by atoms with van der Waals surface area (Å²) < 4.78 is 6.17. The molecule has 1 aliphatic carbocycles. The molecular formula is C32H41N5O2. The van der Waals surface area contributed by atoms with Crippen LogP contribution >= 0.6 is 0 Å². The molecule has 7 nitrogen and oxygen atoms in total. The Labute approximate surface area is 232 Å². The van der Waals surface area contributed by atoms with E-state index in [1.807, 2.05) is 44.7 Å². The third kappa shape index (κ3) is 5.87. The van der Waals surface area contributed by atoms with Crippen molar-refractivity contribution in [2.24, 2.45) is 16.0 Å². The highest BCUT2D eigenvalue weighted by atomic mass is 16.5. The number of anilines is 2. The van der Waals surface area contributed by atoms with Gasteiger partial charge in [-0.3, -0.25) is 9.89 Å². The SMILES string of the molecule is C=C(C)COc1cc2c(cc1C)N(c1ccc(CC3=NCCN3)cc1)C(=O)N(C(C)C)N=C2C1CCCCC1. The minimum atomic E-state index is -0.137. The molecule has 3 aliphatic rings. The van der Waals surface area contributed by atoms with Gasteiger partial charge in [-0.2, -0.15) is 5.10 Å². The zero-order valence-electron chi connectivity index (χ0n) is 23.8. The van der Waals surface area contributed by atoms with E-state index in [0.717, 1.165) is 83.3 Å². The third-order valence-corrected chi connectivity index (χ3v) is 7.68. The summed E-state index contributed by atoms with van der Waals surface area (Å²) in [7, 11) is 0. The van der Waals surface area contributed by atoms with Crippen molar-refractivity contribution < 1.29 is 9.53 Å². The van der Waals surface area contributed by atoms with Crippen molar-refractivity contribution in [2.45, 2.75) is 72.3 Å². The molecule has 2 heterocycles. The molecule has 7 heteroatoms. The largest absolute Gasteiger partial charge is 0.489 e. The molecule has 2 aromatic carbocycles. The smallest absolute Gasteiger partial charge is 0.349 e. The summed E-state index contributed by atoms with van der Waals surface area (Å²) in [5.41, 5.74) is 6.77. The maximum atomic E-state index is 14.2. The number of ether oxygens (including phenoxy) is 1. The van der Waals surface area contributed by atoms with Crippen LogP contribution in [0.3, 0.4) is 0 Å². The second-order valence-corrected chi connectivity index (χ2v) is 11.4. The van der Waals surface area contributed by atoms with Gasteiger partial charge in [0.25, 0.3) is 0 Å². The van der Waals surface area contributed by atoms with Gasteiger partial charge in [0.05, 0.1) is 29.7 Å². The number of nitrogens with zero attached hydrogens (tertiary/aromatic N) is 4. The van der Waals surface area contributed by atoms with E-state index in [4.69, 9.17) is 9.84 Å². The average molecular weight is 528 g/mol. The number of hydrogen-bond acceptors (Lipinski definition) is 5. The van der Waals surface area contributed by atoms with Gasteiger partial charge in [-0.05, 0) is 81.5 Å². The van der Waals surface area contributed by atoms with Crippen molar-refractivity contribution in [1.29, 1.82) is 0 Å². The predicted octanol–water partition coefficient (Wildman–Crippen LogP) is 6.76. The molecule has 5 rings (SSSR count). The van der Waals surface area contributed by atoms with Gasteiger partial charge in [0.2, 0.25) is 0 Å². The Morgan fingerprint density at radius 1 is 1.15 bits per heavy atom. The lowest BCUT2D eigenvalue weighted by molar-refractivity contribution is 0.195. The normalized spacial score (nSPS) is 17.9. The first kappa shape index (κ1) is 27.0. The summed E-state index contributed by atoms with van der Waals surface area (Å²) in [4.78, 5) is 20.6. The number of carbonyl (C=O) groups is 1. The molecule has 0 saturated heterocycles. The van der Waals surface area contributed by atoms with Gasteiger partial charge in [0.1, 0.15) is 18.2 Å². The van der Waals surface area contributed by atoms with E-state index in [1.165, 1.54) is 19.3 Å². The van der Waals surface area contributed by atoms with Crippen LogP contribution in [0.5, 0.6) is 5.75 Å². The standard InChI is InChI=1S/C32H41N5O2/c1-21(2)20-39-29-19-27-28(17-23(29)5)36(26-13-11-24(12-14-26)18-30-33-15-16-34-30)32(38)37(22(3)4)35-31(27)25-9-7-6-8-10-25/h11-14,17,19,22,25H,1,6-10,15-16,18,20H2,2-5H3,(H,33,34). The van der Waals surface area contributed by atoms with Gasteiger partial charge < -0.3 is 10.1 Å². The van der Waals surface area contributed by atoms with E-state index < -0.39 is 0 Å². The second kappa shape index (κ2) is 11.6. The molecule has 1 fully saturated rings. The molecule has 2 aromatic rings. The zero-order valence-corrected chi connectivity index (χ0v) is 23.8. The van der Waals surface area contributed by atoms with Crippen molar-refractivity contribution >= 4 is 29.0 Å². The molecule has 2 aliphatic heterocycles. The fraction of sp³-hybridized carbons (Fsp3) is 0.469. The zero-order chi connectivity index (χ0) is 27.5. The Morgan fingerprint density at radius 3 is 2.54 bits per heavy atom. The Balaban J connectivity index is 1.61. The Kier molecular flexibility index (Phi) is 8.05. The van der Waals surface area contributed by atoms with Crippen LogP contribution in [-0.2, 0) is 6.42 Å². The molecule has 0 aromatic heterocycles. The van der Waals surface area contributed by atoms with Crippen LogP contribution in [0.15, 0.2) is 58.6 Å². The highest BCUT2D eigenvalue weighted by Crippen LogP contribution is 2.41. The van der Waals surface area contributed by atoms with Crippen LogP contribution in [0.25, 0.3) is 0 Å². The fourth-order valence-corrected chi connectivity index (χ4v) is 5.62. The number of hydrogen-bond donors (Lipinski definition) is 1. The van der Waals surface area contributed by atoms with Crippen LogP contribution in [0.2, 0.25) is 0 Å². The summed E-state index contributed by atoms with van der Waals surface area (Å²) in [6.45, 7) is 14.2. The third-order valence-electron chi connectivity index (χ3n) is 7.68. The first-order valence-corrected chi connectivity index (χ1v) is 14.3. The first-order valence-electron chi connectivity index (χ1n) is 14.3. The minimum absolute atomic E-state index is 0.0844. The van der Waals surface area contributed by atoms with Crippen molar-refractivity contribution in [3.8, 4) is 5.75 Å². The van der Waals surface area contributed by atoms with Gasteiger partial charge in [-0.25, -0.2) is 9.80 Å². The lowest BCUT2D eigenvalue weighted by Gasteiger charge is -2.29. The molecule has 0 unspecified atom stereocenters. The van der Waals surface area contributed by atoms with Gasteiger partial charge in [0, 0.05) is 24.4 Å². The van der Waals surface area contributed by atoms with Crippen molar-refractivity contribution in [2.75, 3.05) is 24.6 Å². The first-order chi connectivity index (χ1) is 18.8. The molecule has 206 valence electrons. The number of rotatable bonds is 8. The summed E-state index contributed by atoms with van der Waals surface area (Å²) in [6.07, 6.45) is 6.56. The fourth-order valence-electron chi connectivity index (χ4n) is 5.62. The molecule has 2 amide bonds. The van der Waals surface area contributed by atoms with E-state index >= 15 is 0 Å². The maximum Gasteiger partial charge on any atom is 0.349 e. The lowest BCUT2D eigenvalue weighted by Crippen LogP contribution is -2.41. The van der Waals surface area contributed by atoms with Crippen LogP contribution < -0.4 is 15.0 Å². The number of urea groups is 1. The molecule has 0 spiro atoms. The van der Waals surface area contributed by atoms with Gasteiger partial charge in [-0.1, -0.05) is 38.0 Å².